The minimum absolute atomic E-state index is 0.00932. The van der Waals surface area contributed by atoms with E-state index in [-0.39, 0.29) is 11.9 Å². The van der Waals surface area contributed by atoms with Gasteiger partial charge in [-0.25, -0.2) is 4.79 Å². The van der Waals surface area contributed by atoms with Crippen molar-refractivity contribution < 1.29 is 19.1 Å². The van der Waals surface area contributed by atoms with Crippen LogP contribution >= 0.6 is 0 Å². The van der Waals surface area contributed by atoms with Crippen LogP contribution in [0.5, 0.6) is 11.5 Å². The number of nitrogens with zero attached hydrogens (tertiary/aromatic N) is 3. The lowest BCUT2D eigenvalue weighted by Gasteiger charge is -2.35. The fourth-order valence-corrected chi connectivity index (χ4v) is 4.00. The van der Waals surface area contributed by atoms with E-state index in [0.29, 0.717) is 44.0 Å². The van der Waals surface area contributed by atoms with Gasteiger partial charge in [-0.2, -0.15) is 0 Å². The highest BCUT2D eigenvalue weighted by molar-refractivity contribution is 5.94. The van der Waals surface area contributed by atoms with Gasteiger partial charge >= 0.3 is 6.03 Å². The molecular weight excluding hydrogens is 444 g/mol. The molecule has 2 aromatic rings. The molecule has 3 amide bonds. The number of para-hydroxylation sites is 1. The van der Waals surface area contributed by atoms with Gasteiger partial charge in [0.15, 0.2) is 0 Å². The number of benzene rings is 2. The summed E-state index contributed by atoms with van der Waals surface area (Å²) in [7, 11) is 3.26. The monoisotopic (exact) mass is 480 g/mol. The molecule has 1 heterocycles. The zero-order valence-corrected chi connectivity index (χ0v) is 20.9. The quantitative estimate of drug-likeness (QED) is 0.565. The molecule has 2 aromatic carbocycles. The number of amides is 3. The molecule has 0 aromatic heterocycles. The molecule has 1 aliphatic rings. The second-order valence-electron chi connectivity index (χ2n) is 8.29. The van der Waals surface area contributed by atoms with E-state index in [1.54, 1.807) is 38.5 Å². The van der Waals surface area contributed by atoms with Crippen LogP contribution in [-0.4, -0.2) is 93.2 Å². The Bertz CT molecular complexity index is 985. The summed E-state index contributed by atoms with van der Waals surface area (Å²) in [4.78, 5) is 31.4. The average molecular weight is 481 g/mol. The third kappa shape index (κ3) is 7.48. The number of hydrogen-bond acceptors (Lipinski definition) is 5. The first-order chi connectivity index (χ1) is 17.0. The van der Waals surface area contributed by atoms with Gasteiger partial charge in [0.1, 0.15) is 11.5 Å². The van der Waals surface area contributed by atoms with Crippen molar-refractivity contribution in [2.75, 3.05) is 66.6 Å². The zero-order chi connectivity index (χ0) is 25.0. The Labute approximate surface area is 208 Å². The molecule has 8 nitrogen and oxygen atoms in total. The molecule has 0 bridgehead atoms. The van der Waals surface area contributed by atoms with Gasteiger partial charge in [0.25, 0.3) is 5.91 Å². The van der Waals surface area contributed by atoms with Gasteiger partial charge in [-0.3, -0.25) is 9.69 Å². The predicted octanol–water partition coefficient (Wildman–Crippen LogP) is 3.21. The molecule has 1 aliphatic heterocycles. The number of ether oxygens (including phenoxy) is 2. The Kier molecular flexibility index (Phi) is 9.98. The van der Waals surface area contributed by atoms with E-state index in [2.05, 4.69) is 10.2 Å². The molecule has 1 N–H and O–H groups in total. The van der Waals surface area contributed by atoms with Crippen molar-refractivity contribution in [2.45, 2.75) is 6.92 Å². The summed E-state index contributed by atoms with van der Waals surface area (Å²) >= 11 is 0. The molecule has 188 valence electrons. The molecule has 0 saturated carbocycles. The number of rotatable bonds is 10. The lowest BCUT2D eigenvalue weighted by atomic mass is 10.1. The van der Waals surface area contributed by atoms with Gasteiger partial charge in [0, 0.05) is 63.5 Å². The molecule has 0 atom stereocenters. The third-order valence-corrected chi connectivity index (χ3v) is 6.06. The van der Waals surface area contributed by atoms with Crippen LogP contribution in [0.4, 0.5) is 4.79 Å². The van der Waals surface area contributed by atoms with Crippen molar-refractivity contribution in [3.05, 3.63) is 65.7 Å². The molecule has 0 aliphatic carbocycles. The first kappa shape index (κ1) is 26.1. The van der Waals surface area contributed by atoms with Gasteiger partial charge in [-0.1, -0.05) is 30.4 Å². The molecule has 1 fully saturated rings. The standard InChI is InChI=1S/C27H36N4O4/c1-4-28-27(33)31-20-17-29(18-21-31)16-19-30(26(32)23-11-13-24(34-2)14-12-23)15-7-9-22-8-5-6-10-25(22)35-3/h5-14H,4,15-21H2,1-3H3,(H,28,33)/b9-7+. The minimum Gasteiger partial charge on any atom is -0.497 e. The van der Waals surface area contributed by atoms with Crippen molar-refractivity contribution in [3.8, 4) is 11.5 Å². The van der Waals surface area contributed by atoms with E-state index < -0.39 is 0 Å². The first-order valence-corrected chi connectivity index (χ1v) is 12.0. The third-order valence-electron chi connectivity index (χ3n) is 6.06. The minimum atomic E-state index is -0.0294. The predicted molar refractivity (Wildman–Crippen MR) is 138 cm³/mol. The lowest BCUT2D eigenvalue weighted by molar-refractivity contribution is 0.0738. The summed E-state index contributed by atoms with van der Waals surface area (Å²) in [6, 6.07) is 15.0. The summed E-state index contributed by atoms with van der Waals surface area (Å²) in [5.74, 6) is 1.48. The fraction of sp³-hybridized carbons (Fsp3) is 0.407. The van der Waals surface area contributed by atoms with Crippen molar-refractivity contribution in [1.82, 2.24) is 20.0 Å². The highest BCUT2D eigenvalue weighted by atomic mass is 16.5. The summed E-state index contributed by atoms with van der Waals surface area (Å²) in [6.45, 7) is 7.31. The van der Waals surface area contributed by atoms with Crippen LogP contribution < -0.4 is 14.8 Å². The van der Waals surface area contributed by atoms with Crippen molar-refractivity contribution in [3.63, 3.8) is 0 Å². The Morgan fingerprint density at radius 3 is 2.37 bits per heavy atom. The molecule has 0 spiro atoms. The smallest absolute Gasteiger partial charge is 0.317 e. The molecule has 0 unspecified atom stereocenters. The Morgan fingerprint density at radius 1 is 1.00 bits per heavy atom. The van der Waals surface area contributed by atoms with Gasteiger partial charge < -0.3 is 24.6 Å². The van der Waals surface area contributed by atoms with Crippen LogP contribution in [0.3, 0.4) is 0 Å². The maximum atomic E-state index is 13.3. The SMILES string of the molecule is CCNC(=O)N1CCN(CCN(C/C=C/c2ccccc2OC)C(=O)c2ccc(OC)cc2)CC1. The lowest BCUT2D eigenvalue weighted by Crippen LogP contribution is -2.53. The zero-order valence-electron chi connectivity index (χ0n) is 20.9. The summed E-state index contributed by atoms with van der Waals surface area (Å²) < 4.78 is 10.7. The molecule has 35 heavy (non-hydrogen) atoms. The number of methoxy groups -OCH3 is 2. The number of carbonyl (C=O) groups is 2. The normalized spacial score (nSPS) is 14.1. The van der Waals surface area contributed by atoms with Crippen LogP contribution in [0.2, 0.25) is 0 Å². The summed E-state index contributed by atoms with van der Waals surface area (Å²) in [5.41, 5.74) is 1.59. The van der Waals surface area contributed by atoms with Crippen LogP contribution in [0, 0.1) is 0 Å². The van der Waals surface area contributed by atoms with Crippen molar-refractivity contribution in [2.24, 2.45) is 0 Å². The van der Waals surface area contributed by atoms with Crippen LogP contribution in [-0.2, 0) is 0 Å². The summed E-state index contributed by atoms with van der Waals surface area (Å²) in [6.07, 6.45) is 3.98. The molecule has 1 saturated heterocycles. The second-order valence-corrected chi connectivity index (χ2v) is 8.29. The largest absolute Gasteiger partial charge is 0.497 e. The van der Waals surface area contributed by atoms with Crippen molar-refractivity contribution >= 4 is 18.0 Å². The highest BCUT2D eigenvalue weighted by Crippen LogP contribution is 2.19. The number of piperazine rings is 1. The van der Waals surface area contributed by atoms with Crippen LogP contribution in [0.1, 0.15) is 22.8 Å². The average Bonchev–Trinajstić information content (AvgIpc) is 2.91. The second kappa shape index (κ2) is 13.4. The van der Waals surface area contributed by atoms with Gasteiger partial charge in [0.05, 0.1) is 14.2 Å². The Morgan fingerprint density at radius 2 is 1.71 bits per heavy atom. The van der Waals surface area contributed by atoms with Crippen LogP contribution in [0.15, 0.2) is 54.6 Å². The topological polar surface area (TPSA) is 74.4 Å². The maximum Gasteiger partial charge on any atom is 0.317 e. The number of carbonyl (C=O) groups excluding carboxylic acids is 2. The molecular formula is C27H36N4O4. The van der Waals surface area contributed by atoms with Crippen molar-refractivity contribution in [1.29, 1.82) is 0 Å². The number of urea groups is 1. The summed E-state index contributed by atoms with van der Waals surface area (Å²) in [5, 5.41) is 2.86. The van der Waals surface area contributed by atoms with E-state index in [9.17, 15) is 9.59 Å². The fourth-order valence-electron chi connectivity index (χ4n) is 4.00. The maximum absolute atomic E-state index is 13.3. The molecule has 3 rings (SSSR count). The van der Waals surface area contributed by atoms with E-state index in [4.69, 9.17) is 9.47 Å². The number of nitrogens with one attached hydrogen (secondary N) is 1. The number of hydrogen-bond donors (Lipinski definition) is 1. The van der Waals surface area contributed by atoms with E-state index in [1.165, 1.54) is 0 Å². The van der Waals surface area contributed by atoms with E-state index in [1.807, 2.05) is 53.1 Å². The van der Waals surface area contributed by atoms with E-state index >= 15 is 0 Å². The Hall–Kier alpha value is -3.52. The first-order valence-electron chi connectivity index (χ1n) is 12.0. The Balaban J connectivity index is 1.65. The van der Waals surface area contributed by atoms with Gasteiger partial charge in [-0.05, 0) is 37.3 Å². The van der Waals surface area contributed by atoms with Gasteiger partial charge in [-0.15, -0.1) is 0 Å². The van der Waals surface area contributed by atoms with Gasteiger partial charge in [0.2, 0.25) is 0 Å². The molecule has 0 radical (unpaired) electrons. The molecule has 8 heteroatoms. The highest BCUT2D eigenvalue weighted by Gasteiger charge is 2.22. The van der Waals surface area contributed by atoms with Crippen LogP contribution in [0.25, 0.3) is 6.08 Å². The van der Waals surface area contributed by atoms with E-state index in [0.717, 1.165) is 30.9 Å².